The maximum absolute atomic E-state index is 4.50. The zero-order valence-electron chi connectivity index (χ0n) is 8.12. The van der Waals surface area contributed by atoms with E-state index in [0.29, 0.717) is 6.04 Å². The lowest BCUT2D eigenvalue weighted by atomic mass is 10.2. The molecule has 1 N–H and O–H groups in total. The molecule has 0 spiro atoms. The highest BCUT2D eigenvalue weighted by atomic mass is 32.2. The first kappa shape index (κ1) is 9.19. The normalized spacial score (nSPS) is 28.1. The van der Waals surface area contributed by atoms with Crippen molar-refractivity contribution in [1.82, 2.24) is 10.2 Å². The predicted molar refractivity (Wildman–Crippen MR) is 58.4 cm³/mol. The molecule has 2 aliphatic heterocycles. The Balaban J connectivity index is 1.94. The highest BCUT2D eigenvalue weighted by Crippen LogP contribution is 2.21. The van der Waals surface area contributed by atoms with Crippen LogP contribution in [0.25, 0.3) is 0 Å². The van der Waals surface area contributed by atoms with Crippen LogP contribution in [-0.4, -0.2) is 48.5 Å². The van der Waals surface area contributed by atoms with Gasteiger partial charge in [0.1, 0.15) is 0 Å². The smallest absolute Gasteiger partial charge is 0.193 e. The molecule has 0 bridgehead atoms. The van der Waals surface area contributed by atoms with Crippen molar-refractivity contribution in [3.63, 3.8) is 0 Å². The van der Waals surface area contributed by atoms with Crippen molar-refractivity contribution in [2.75, 3.05) is 31.6 Å². The van der Waals surface area contributed by atoms with E-state index in [1.54, 1.807) is 0 Å². The van der Waals surface area contributed by atoms with E-state index in [1.165, 1.54) is 24.3 Å². The molecule has 1 atom stereocenters. The van der Waals surface area contributed by atoms with Gasteiger partial charge in [0, 0.05) is 31.9 Å². The Morgan fingerprint density at radius 3 is 3.15 bits per heavy atom. The average molecular weight is 199 g/mol. The Hall–Kier alpha value is -0.380. The van der Waals surface area contributed by atoms with Crippen molar-refractivity contribution >= 4 is 17.7 Å². The number of nitrogens with one attached hydrogen (secondary N) is 1. The molecule has 0 aromatic heterocycles. The largest absolute Gasteiger partial charge is 0.356 e. The van der Waals surface area contributed by atoms with Gasteiger partial charge in [0.25, 0.3) is 0 Å². The van der Waals surface area contributed by atoms with Crippen molar-refractivity contribution < 1.29 is 0 Å². The summed E-state index contributed by atoms with van der Waals surface area (Å²) in [6.07, 6.45) is 2.48. The first-order chi connectivity index (χ1) is 6.38. The van der Waals surface area contributed by atoms with Gasteiger partial charge in [-0.15, -0.1) is 0 Å². The summed E-state index contributed by atoms with van der Waals surface area (Å²) in [6.45, 7) is 2.08. The Morgan fingerprint density at radius 2 is 2.54 bits per heavy atom. The highest BCUT2D eigenvalue weighted by molar-refractivity contribution is 7.99. The van der Waals surface area contributed by atoms with E-state index in [-0.39, 0.29) is 0 Å². The van der Waals surface area contributed by atoms with Crippen molar-refractivity contribution in [2.24, 2.45) is 4.99 Å². The quantitative estimate of drug-likeness (QED) is 0.676. The van der Waals surface area contributed by atoms with Gasteiger partial charge in [-0.05, 0) is 18.6 Å². The molecule has 0 radical (unpaired) electrons. The van der Waals surface area contributed by atoms with Crippen LogP contribution in [0, 0.1) is 0 Å². The lowest BCUT2D eigenvalue weighted by molar-refractivity contribution is 0.378. The minimum Gasteiger partial charge on any atom is -0.356 e. The van der Waals surface area contributed by atoms with E-state index in [2.05, 4.69) is 34.0 Å². The van der Waals surface area contributed by atoms with Crippen LogP contribution in [0.3, 0.4) is 0 Å². The maximum Gasteiger partial charge on any atom is 0.193 e. The summed E-state index contributed by atoms with van der Waals surface area (Å²) in [6, 6.07) is 0.703. The van der Waals surface area contributed by atoms with Crippen LogP contribution < -0.4 is 5.32 Å². The molecule has 3 nitrogen and oxygen atoms in total. The Labute approximate surface area is 84.0 Å². The second kappa shape index (κ2) is 4.22. The van der Waals surface area contributed by atoms with E-state index in [0.717, 1.165) is 19.0 Å². The minimum atomic E-state index is 0.703. The molecule has 74 valence electrons. The average Bonchev–Trinajstić information content (AvgIpc) is 2.71. The van der Waals surface area contributed by atoms with Crippen molar-refractivity contribution in [3.05, 3.63) is 0 Å². The summed E-state index contributed by atoms with van der Waals surface area (Å²) < 4.78 is 0. The van der Waals surface area contributed by atoms with Crippen LogP contribution in [0.2, 0.25) is 0 Å². The summed E-state index contributed by atoms with van der Waals surface area (Å²) in [7, 11) is 2.16. The third-order valence-electron chi connectivity index (χ3n) is 2.67. The first-order valence-electron chi connectivity index (χ1n) is 4.97. The molecule has 1 saturated heterocycles. The van der Waals surface area contributed by atoms with Crippen LogP contribution >= 0.6 is 11.8 Å². The molecule has 0 amide bonds. The van der Waals surface area contributed by atoms with E-state index < -0.39 is 0 Å². The minimum absolute atomic E-state index is 0.703. The zero-order valence-corrected chi connectivity index (χ0v) is 8.94. The molecule has 2 aliphatic rings. The topological polar surface area (TPSA) is 27.6 Å². The van der Waals surface area contributed by atoms with Crippen LogP contribution in [0.15, 0.2) is 4.99 Å². The number of hydrogen-bond acceptors (Lipinski definition) is 4. The summed E-state index contributed by atoms with van der Waals surface area (Å²) >= 11 is 2.05. The van der Waals surface area contributed by atoms with Crippen molar-refractivity contribution in [1.29, 1.82) is 0 Å². The summed E-state index contributed by atoms with van der Waals surface area (Å²) in [4.78, 5) is 6.81. The molecule has 0 aliphatic carbocycles. The van der Waals surface area contributed by atoms with Crippen LogP contribution in [0.1, 0.15) is 12.8 Å². The Bertz CT molecular complexity index is 199. The number of thioether (sulfide) groups is 1. The van der Waals surface area contributed by atoms with Gasteiger partial charge >= 0.3 is 0 Å². The molecular formula is C9H17N3S. The Morgan fingerprint density at radius 1 is 1.62 bits per heavy atom. The van der Waals surface area contributed by atoms with Gasteiger partial charge in [-0.3, -0.25) is 4.99 Å². The van der Waals surface area contributed by atoms with E-state index >= 15 is 0 Å². The number of hydrogen-bond donors (Lipinski definition) is 1. The second-order valence-electron chi connectivity index (χ2n) is 3.61. The molecule has 4 heteroatoms. The van der Waals surface area contributed by atoms with Crippen LogP contribution in [0.5, 0.6) is 0 Å². The summed E-state index contributed by atoms with van der Waals surface area (Å²) in [5.74, 6) is 3.68. The van der Waals surface area contributed by atoms with Gasteiger partial charge in [-0.2, -0.15) is 11.8 Å². The molecule has 0 aromatic carbocycles. The fourth-order valence-electron chi connectivity index (χ4n) is 1.76. The molecule has 2 heterocycles. The lowest BCUT2D eigenvalue weighted by Gasteiger charge is -2.29. The molecular weight excluding hydrogens is 182 g/mol. The van der Waals surface area contributed by atoms with E-state index in [1.807, 2.05) is 0 Å². The predicted octanol–water partition coefficient (Wildman–Crippen LogP) is 0.773. The fourth-order valence-corrected chi connectivity index (χ4v) is 3.02. The number of aliphatic imine (C=N–C) groups is 1. The van der Waals surface area contributed by atoms with Crippen LogP contribution in [-0.2, 0) is 0 Å². The van der Waals surface area contributed by atoms with Gasteiger partial charge < -0.3 is 10.2 Å². The molecule has 0 aromatic rings. The lowest BCUT2D eigenvalue weighted by Crippen LogP contribution is -2.47. The standard InChI is InChI=1S/C9H17N3S/c1-12(8-3-6-13-7-8)9-10-4-2-5-11-9/h8H,2-7H2,1H3,(H,10,11). The van der Waals surface area contributed by atoms with E-state index in [4.69, 9.17) is 0 Å². The highest BCUT2D eigenvalue weighted by Gasteiger charge is 2.22. The van der Waals surface area contributed by atoms with Gasteiger partial charge in [0.05, 0.1) is 0 Å². The third kappa shape index (κ3) is 2.10. The van der Waals surface area contributed by atoms with Gasteiger partial charge in [0.2, 0.25) is 0 Å². The molecule has 2 rings (SSSR count). The van der Waals surface area contributed by atoms with Gasteiger partial charge in [-0.25, -0.2) is 0 Å². The monoisotopic (exact) mass is 199 g/mol. The third-order valence-corrected chi connectivity index (χ3v) is 3.81. The summed E-state index contributed by atoms with van der Waals surface area (Å²) in [5.41, 5.74) is 0. The number of nitrogens with zero attached hydrogens (tertiary/aromatic N) is 2. The van der Waals surface area contributed by atoms with Gasteiger partial charge in [0.15, 0.2) is 5.96 Å². The number of guanidine groups is 1. The van der Waals surface area contributed by atoms with Crippen molar-refractivity contribution in [2.45, 2.75) is 18.9 Å². The second-order valence-corrected chi connectivity index (χ2v) is 4.76. The fraction of sp³-hybridized carbons (Fsp3) is 0.889. The van der Waals surface area contributed by atoms with Crippen molar-refractivity contribution in [3.8, 4) is 0 Å². The summed E-state index contributed by atoms with van der Waals surface area (Å²) in [5, 5.41) is 3.36. The number of rotatable bonds is 1. The SMILES string of the molecule is CN(C1=NCCCN1)C1CCSC1. The van der Waals surface area contributed by atoms with Gasteiger partial charge in [-0.1, -0.05) is 0 Å². The molecule has 1 fully saturated rings. The zero-order chi connectivity index (χ0) is 9.10. The molecule has 0 saturated carbocycles. The Kier molecular flexibility index (Phi) is 2.98. The maximum atomic E-state index is 4.50. The van der Waals surface area contributed by atoms with E-state index in [9.17, 15) is 0 Å². The molecule has 1 unspecified atom stereocenters. The molecule has 13 heavy (non-hydrogen) atoms. The first-order valence-corrected chi connectivity index (χ1v) is 6.12. The van der Waals surface area contributed by atoms with Crippen LogP contribution in [0.4, 0.5) is 0 Å².